The van der Waals surface area contributed by atoms with E-state index in [0.717, 1.165) is 19.1 Å². The van der Waals surface area contributed by atoms with E-state index in [1.165, 1.54) is 22.7 Å². The highest BCUT2D eigenvalue weighted by Crippen LogP contribution is 2.33. The van der Waals surface area contributed by atoms with Crippen LogP contribution in [0.3, 0.4) is 0 Å². The lowest BCUT2D eigenvalue weighted by molar-refractivity contribution is -0.120. The lowest BCUT2D eigenvalue weighted by atomic mass is 10.00. The van der Waals surface area contributed by atoms with Gasteiger partial charge >= 0.3 is 0 Å². The van der Waals surface area contributed by atoms with Crippen LogP contribution in [0.2, 0.25) is 10.0 Å². The Kier molecular flexibility index (Phi) is 7.80. The molecule has 2 rings (SSSR count). The molecule has 144 valence electrons. The predicted octanol–water partition coefficient (Wildman–Crippen LogP) is 4.16. The molecule has 8 heteroatoms. The van der Waals surface area contributed by atoms with Gasteiger partial charge < -0.3 is 5.32 Å². The number of nitrogens with one attached hydrogen (secondary N) is 1. The first kappa shape index (κ1) is 21.1. The van der Waals surface area contributed by atoms with E-state index in [1.807, 2.05) is 0 Å². The topological polar surface area (TPSA) is 66.5 Å². The van der Waals surface area contributed by atoms with Gasteiger partial charge in [0, 0.05) is 19.5 Å². The molecule has 1 N–H and O–H groups in total. The quantitative estimate of drug-likeness (QED) is 0.644. The van der Waals surface area contributed by atoms with Gasteiger partial charge in [0.05, 0.1) is 22.0 Å². The zero-order chi connectivity index (χ0) is 19.2. The van der Waals surface area contributed by atoms with Crippen LogP contribution >= 0.6 is 23.2 Å². The van der Waals surface area contributed by atoms with Crippen LogP contribution < -0.4 is 9.62 Å². The molecule has 0 fully saturated rings. The van der Waals surface area contributed by atoms with E-state index < -0.39 is 10.0 Å². The molecule has 0 atom stereocenters. The molecule has 1 aliphatic carbocycles. The summed E-state index contributed by atoms with van der Waals surface area (Å²) in [6.07, 6.45) is 8.44. The van der Waals surface area contributed by atoms with Gasteiger partial charge in [0.25, 0.3) is 0 Å². The summed E-state index contributed by atoms with van der Waals surface area (Å²) < 4.78 is 25.4. The summed E-state index contributed by atoms with van der Waals surface area (Å²) in [5, 5.41) is 3.38. The van der Waals surface area contributed by atoms with Crippen molar-refractivity contribution in [3.05, 3.63) is 39.9 Å². The number of rotatable bonds is 8. The highest BCUT2D eigenvalue weighted by molar-refractivity contribution is 7.92. The Balaban J connectivity index is 1.90. The molecule has 0 saturated heterocycles. The highest BCUT2D eigenvalue weighted by Gasteiger charge is 2.21. The Morgan fingerprint density at radius 2 is 2.04 bits per heavy atom. The van der Waals surface area contributed by atoms with Crippen molar-refractivity contribution in [3.63, 3.8) is 0 Å². The zero-order valence-corrected chi connectivity index (χ0v) is 17.1. The second kappa shape index (κ2) is 9.62. The van der Waals surface area contributed by atoms with E-state index in [0.29, 0.717) is 18.7 Å². The van der Waals surface area contributed by atoms with E-state index in [4.69, 9.17) is 23.2 Å². The number of allylic oxidation sites excluding steroid dienone is 1. The van der Waals surface area contributed by atoms with E-state index in [1.54, 1.807) is 18.2 Å². The van der Waals surface area contributed by atoms with E-state index in [-0.39, 0.29) is 28.9 Å². The number of hydrogen-bond acceptors (Lipinski definition) is 3. The van der Waals surface area contributed by atoms with Crippen molar-refractivity contribution in [2.75, 3.05) is 23.7 Å². The maximum absolute atomic E-state index is 12.1. The standard InChI is InChI=1S/C18H24Cl2N2O3S/c1-26(24,25)22(16-10-5-9-15(19)18(16)20)12-6-11-17(23)21-13-14-7-3-2-4-8-14/h5,7,9-10H,2-4,6,8,11-13H2,1H3,(H,21,23). The van der Waals surface area contributed by atoms with Gasteiger partial charge in [-0.25, -0.2) is 8.42 Å². The number of hydrogen-bond donors (Lipinski definition) is 1. The number of amides is 1. The minimum Gasteiger partial charge on any atom is -0.352 e. The Morgan fingerprint density at radius 3 is 2.69 bits per heavy atom. The molecule has 0 bridgehead atoms. The summed E-state index contributed by atoms with van der Waals surface area (Å²) in [5.74, 6) is -0.0814. The molecular formula is C18H24Cl2N2O3S. The lowest BCUT2D eigenvalue weighted by Crippen LogP contribution is -2.32. The van der Waals surface area contributed by atoms with Crippen LogP contribution in [0.5, 0.6) is 0 Å². The number of carbonyl (C=O) groups is 1. The molecule has 0 aliphatic heterocycles. The number of carbonyl (C=O) groups excluding carboxylic acids is 1. The SMILES string of the molecule is CS(=O)(=O)N(CCCC(=O)NCC1=CCCCC1)c1cccc(Cl)c1Cl. The second-order valence-corrected chi connectivity index (χ2v) is 9.09. The van der Waals surface area contributed by atoms with Crippen molar-refractivity contribution in [1.82, 2.24) is 5.32 Å². The fraction of sp³-hybridized carbons (Fsp3) is 0.500. The predicted molar refractivity (Wildman–Crippen MR) is 107 cm³/mol. The van der Waals surface area contributed by atoms with Crippen molar-refractivity contribution >= 4 is 44.8 Å². The maximum atomic E-state index is 12.1. The van der Waals surface area contributed by atoms with Gasteiger partial charge in [0.1, 0.15) is 0 Å². The molecule has 1 aliphatic rings. The molecule has 1 aromatic carbocycles. The molecule has 5 nitrogen and oxygen atoms in total. The van der Waals surface area contributed by atoms with Gasteiger partial charge in [-0.2, -0.15) is 0 Å². The van der Waals surface area contributed by atoms with Crippen LogP contribution in [0.25, 0.3) is 0 Å². The first-order valence-electron chi connectivity index (χ1n) is 8.65. The largest absolute Gasteiger partial charge is 0.352 e. The zero-order valence-electron chi connectivity index (χ0n) is 14.8. The first-order valence-corrected chi connectivity index (χ1v) is 11.3. The summed E-state index contributed by atoms with van der Waals surface area (Å²) in [6, 6.07) is 4.85. The van der Waals surface area contributed by atoms with Crippen molar-refractivity contribution in [2.24, 2.45) is 0 Å². The molecule has 1 amide bonds. The number of sulfonamides is 1. The maximum Gasteiger partial charge on any atom is 0.232 e. The van der Waals surface area contributed by atoms with Crippen molar-refractivity contribution in [1.29, 1.82) is 0 Å². The van der Waals surface area contributed by atoms with Crippen LogP contribution in [0.1, 0.15) is 38.5 Å². The van der Waals surface area contributed by atoms with Crippen LogP contribution in [-0.4, -0.2) is 33.7 Å². The van der Waals surface area contributed by atoms with Crippen molar-refractivity contribution < 1.29 is 13.2 Å². The normalized spacial score (nSPS) is 14.7. The van der Waals surface area contributed by atoms with Gasteiger partial charge in [-0.1, -0.05) is 40.9 Å². The van der Waals surface area contributed by atoms with Gasteiger partial charge in [-0.15, -0.1) is 0 Å². The minimum atomic E-state index is -3.54. The van der Waals surface area contributed by atoms with Gasteiger partial charge in [0.15, 0.2) is 0 Å². The van der Waals surface area contributed by atoms with Gasteiger partial charge in [0.2, 0.25) is 15.9 Å². The van der Waals surface area contributed by atoms with E-state index >= 15 is 0 Å². The number of anilines is 1. The summed E-state index contributed by atoms with van der Waals surface area (Å²) >= 11 is 12.1. The molecule has 0 aromatic heterocycles. The monoisotopic (exact) mass is 418 g/mol. The van der Waals surface area contributed by atoms with Crippen LogP contribution in [-0.2, 0) is 14.8 Å². The third-order valence-corrected chi connectivity index (χ3v) is 6.25. The smallest absolute Gasteiger partial charge is 0.232 e. The number of nitrogens with zero attached hydrogens (tertiary/aromatic N) is 1. The van der Waals surface area contributed by atoms with Gasteiger partial charge in [-0.3, -0.25) is 9.10 Å². The fourth-order valence-corrected chi connectivity index (χ4v) is 4.32. The molecular weight excluding hydrogens is 395 g/mol. The Labute approximate surface area is 165 Å². The number of benzene rings is 1. The molecule has 1 aromatic rings. The lowest BCUT2D eigenvalue weighted by Gasteiger charge is -2.23. The average molecular weight is 419 g/mol. The second-order valence-electron chi connectivity index (χ2n) is 6.40. The van der Waals surface area contributed by atoms with E-state index in [9.17, 15) is 13.2 Å². The molecule has 26 heavy (non-hydrogen) atoms. The Hall–Kier alpha value is -1.24. The summed E-state index contributed by atoms with van der Waals surface area (Å²) in [4.78, 5) is 12.0. The van der Waals surface area contributed by atoms with E-state index in [2.05, 4.69) is 11.4 Å². The molecule has 0 radical (unpaired) electrons. The highest BCUT2D eigenvalue weighted by atomic mass is 35.5. The van der Waals surface area contributed by atoms with Crippen molar-refractivity contribution in [2.45, 2.75) is 38.5 Å². The fourth-order valence-electron chi connectivity index (χ4n) is 2.90. The Bertz CT molecular complexity index is 779. The first-order chi connectivity index (χ1) is 12.3. The van der Waals surface area contributed by atoms with Crippen LogP contribution in [0, 0.1) is 0 Å². The molecule has 0 unspecified atom stereocenters. The van der Waals surface area contributed by atoms with Crippen molar-refractivity contribution in [3.8, 4) is 0 Å². The van der Waals surface area contributed by atoms with Crippen LogP contribution in [0.4, 0.5) is 5.69 Å². The summed E-state index contributed by atoms with van der Waals surface area (Å²) in [7, 11) is -3.54. The summed E-state index contributed by atoms with van der Waals surface area (Å²) in [6.45, 7) is 0.740. The minimum absolute atomic E-state index is 0.0814. The number of halogens is 2. The van der Waals surface area contributed by atoms with Gasteiger partial charge in [-0.05, 0) is 44.2 Å². The molecule has 0 spiro atoms. The third kappa shape index (κ3) is 6.18. The summed E-state index contributed by atoms with van der Waals surface area (Å²) in [5.41, 5.74) is 1.60. The Morgan fingerprint density at radius 1 is 1.27 bits per heavy atom. The average Bonchev–Trinajstić information content (AvgIpc) is 2.60. The molecule has 0 heterocycles. The molecule has 0 saturated carbocycles. The van der Waals surface area contributed by atoms with Crippen LogP contribution in [0.15, 0.2) is 29.8 Å². The third-order valence-electron chi connectivity index (χ3n) is 4.26.